The lowest BCUT2D eigenvalue weighted by Crippen LogP contribution is -2.59. The highest BCUT2D eigenvalue weighted by molar-refractivity contribution is 8.15. The van der Waals surface area contributed by atoms with Crippen LogP contribution in [0.25, 0.3) is 0 Å². The molecule has 7 nitrogen and oxygen atoms in total. The van der Waals surface area contributed by atoms with Crippen molar-refractivity contribution in [1.29, 1.82) is 0 Å². The number of alkyl halides is 3. The van der Waals surface area contributed by atoms with Crippen molar-refractivity contribution in [3.05, 3.63) is 24.3 Å². The van der Waals surface area contributed by atoms with E-state index in [0.29, 0.717) is 32.0 Å². The summed E-state index contributed by atoms with van der Waals surface area (Å²) in [6.45, 7) is 1.41. The number of methoxy groups -OCH3 is 1. The number of carbonyl (C=O) groups is 1. The summed E-state index contributed by atoms with van der Waals surface area (Å²) in [6, 6.07) is 7.13. The summed E-state index contributed by atoms with van der Waals surface area (Å²) in [5.41, 5.74) is -2.65. The van der Waals surface area contributed by atoms with E-state index in [4.69, 9.17) is 4.74 Å². The number of para-hydroxylation sites is 1. The number of hydrogen-bond donors (Lipinski definition) is 0. The quantitative estimate of drug-likeness (QED) is 0.673. The van der Waals surface area contributed by atoms with Crippen LogP contribution in [0, 0.1) is 0 Å². The maximum absolute atomic E-state index is 14.0. The lowest BCUT2D eigenvalue weighted by Gasteiger charge is -2.39. The number of halogens is 3. The van der Waals surface area contributed by atoms with Crippen LogP contribution in [0.5, 0.6) is 0 Å². The molecule has 27 heavy (non-hydrogen) atoms. The molecular weight excluding hydrogens is 385 g/mol. The Morgan fingerprint density at radius 3 is 2.63 bits per heavy atom. The Balaban J connectivity index is 1.90. The highest BCUT2D eigenvalue weighted by Gasteiger charge is 2.66. The number of aliphatic imine (C=N–C) groups is 2. The lowest BCUT2D eigenvalue weighted by molar-refractivity contribution is -0.201. The van der Waals surface area contributed by atoms with Crippen LogP contribution in [-0.4, -0.2) is 67.2 Å². The third kappa shape index (κ3) is 2.76. The van der Waals surface area contributed by atoms with Gasteiger partial charge >= 0.3 is 17.8 Å². The first-order valence-electron chi connectivity index (χ1n) is 8.12. The zero-order valence-corrected chi connectivity index (χ0v) is 15.0. The summed E-state index contributed by atoms with van der Waals surface area (Å²) in [5.74, 6) is -1.55. The van der Waals surface area contributed by atoms with Gasteiger partial charge in [-0.3, -0.25) is 4.90 Å². The van der Waals surface area contributed by atoms with Crippen molar-refractivity contribution in [3.8, 4) is 0 Å². The smallest absolute Gasteiger partial charge is 0.446 e. The normalized spacial score (nSPS) is 24.7. The van der Waals surface area contributed by atoms with Crippen LogP contribution < -0.4 is 4.90 Å². The minimum Gasteiger partial charge on any atom is -0.465 e. The third-order valence-corrected chi connectivity index (χ3v) is 5.40. The summed E-state index contributed by atoms with van der Waals surface area (Å²) in [5, 5.41) is 0.0374. The van der Waals surface area contributed by atoms with E-state index < -0.39 is 17.8 Å². The van der Waals surface area contributed by atoms with Crippen molar-refractivity contribution in [2.24, 2.45) is 9.98 Å². The first-order valence-corrected chi connectivity index (χ1v) is 8.93. The molecule has 0 aromatic heterocycles. The summed E-state index contributed by atoms with van der Waals surface area (Å²) < 4.78 is 51.7. The van der Waals surface area contributed by atoms with Gasteiger partial charge in [0.05, 0.1) is 26.0 Å². The van der Waals surface area contributed by atoms with Crippen molar-refractivity contribution in [3.63, 3.8) is 0 Å². The van der Waals surface area contributed by atoms with E-state index in [1.165, 1.54) is 0 Å². The summed E-state index contributed by atoms with van der Waals surface area (Å²) in [4.78, 5) is 23.7. The number of hydrogen-bond acceptors (Lipinski definition) is 8. The van der Waals surface area contributed by atoms with Gasteiger partial charge in [-0.1, -0.05) is 12.1 Å². The van der Waals surface area contributed by atoms with Crippen molar-refractivity contribution in [1.82, 2.24) is 4.90 Å². The molecule has 3 aliphatic heterocycles. The first-order chi connectivity index (χ1) is 12.9. The predicted octanol–water partition coefficient (Wildman–Crippen LogP) is 2.09. The minimum absolute atomic E-state index is 0.0171. The number of morpholine rings is 1. The molecule has 1 saturated heterocycles. The van der Waals surface area contributed by atoms with Gasteiger partial charge in [0.2, 0.25) is 5.96 Å². The number of carbonyl (C=O) groups excluding carboxylic acids is 1. The van der Waals surface area contributed by atoms with Gasteiger partial charge in [0.1, 0.15) is 0 Å². The molecule has 1 fully saturated rings. The molecule has 0 amide bonds. The number of ether oxygens (including phenoxy) is 2. The van der Waals surface area contributed by atoms with Gasteiger partial charge in [-0.2, -0.15) is 13.2 Å². The fourth-order valence-electron chi connectivity index (χ4n) is 3.05. The zero-order chi connectivity index (χ0) is 19.2. The van der Waals surface area contributed by atoms with Crippen LogP contribution in [-0.2, 0) is 14.3 Å². The second-order valence-corrected chi connectivity index (χ2v) is 6.98. The molecule has 3 aliphatic rings. The Kier molecular flexibility index (Phi) is 4.30. The van der Waals surface area contributed by atoms with E-state index in [2.05, 4.69) is 14.7 Å². The van der Waals surface area contributed by atoms with Gasteiger partial charge in [-0.25, -0.2) is 14.8 Å². The van der Waals surface area contributed by atoms with Crippen LogP contribution in [0.15, 0.2) is 39.1 Å². The monoisotopic (exact) mass is 400 g/mol. The molecule has 0 spiro atoms. The highest BCUT2D eigenvalue weighted by Crippen LogP contribution is 2.47. The molecule has 0 bridgehead atoms. The number of thioether (sulfide) groups is 1. The summed E-state index contributed by atoms with van der Waals surface area (Å²) >= 11 is 1.06. The Bertz CT molecular complexity index is 838. The van der Waals surface area contributed by atoms with E-state index in [-0.39, 0.29) is 11.1 Å². The molecule has 4 rings (SSSR count). The third-order valence-electron chi connectivity index (χ3n) is 4.38. The van der Waals surface area contributed by atoms with Gasteiger partial charge < -0.3 is 14.4 Å². The van der Waals surface area contributed by atoms with Crippen LogP contribution in [0.2, 0.25) is 0 Å². The molecular formula is C16H15F3N4O3S. The van der Waals surface area contributed by atoms with Gasteiger partial charge in [0.15, 0.2) is 5.17 Å². The number of nitrogens with zero attached hydrogens (tertiary/aromatic N) is 4. The summed E-state index contributed by atoms with van der Waals surface area (Å²) in [7, 11) is 0.892. The van der Waals surface area contributed by atoms with Gasteiger partial charge in [0, 0.05) is 18.0 Å². The fraction of sp³-hybridized carbons (Fsp3) is 0.438. The van der Waals surface area contributed by atoms with E-state index in [1.807, 2.05) is 0 Å². The van der Waals surface area contributed by atoms with Gasteiger partial charge in [-0.05, 0) is 23.9 Å². The fourth-order valence-corrected chi connectivity index (χ4v) is 4.11. The molecule has 0 unspecified atom stereocenters. The molecule has 1 aromatic carbocycles. The second-order valence-electron chi connectivity index (χ2n) is 5.97. The largest absolute Gasteiger partial charge is 0.465 e. The van der Waals surface area contributed by atoms with Crippen molar-refractivity contribution < 1.29 is 27.4 Å². The first kappa shape index (κ1) is 18.1. The molecule has 11 heteroatoms. The lowest BCUT2D eigenvalue weighted by atomic mass is 10.1. The Hall–Kier alpha value is -2.27. The molecule has 1 aromatic rings. The van der Waals surface area contributed by atoms with Crippen molar-refractivity contribution in [2.75, 3.05) is 38.3 Å². The summed E-state index contributed by atoms with van der Waals surface area (Å²) in [6.07, 6.45) is -5.05. The number of amidine groups is 1. The highest BCUT2D eigenvalue weighted by atomic mass is 32.2. The zero-order valence-electron chi connectivity index (χ0n) is 14.2. The van der Waals surface area contributed by atoms with Crippen LogP contribution in [0.3, 0.4) is 0 Å². The SMILES string of the molecule is COC(=O)[C@]1(C(F)(F)F)N=C2Sc3ccccc3N2C(N2CCOCC2)=N1. The minimum atomic E-state index is -5.05. The van der Waals surface area contributed by atoms with E-state index in [9.17, 15) is 18.0 Å². The molecule has 0 saturated carbocycles. The molecule has 0 aliphatic carbocycles. The average molecular weight is 400 g/mol. The number of guanidine groups is 1. The average Bonchev–Trinajstić information content (AvgIpc) is 3.04. The van der Waals surface area contributed by atoms with Gasteiger partial charge in [0.25, 0.3) is 0 Å². The van der Waals surface area contributed by atoms with E-state index in [1.54, 1.807) is 34.1 Å². The Morgan fingerprint density at radius 2 is 1.96 bits per heavy atom. The maximum atomic E-state index is 14.0. The van der Waals surface area contributed by atoms with Crippen LogP contribution in [0.1, 0.15) is 0 Å². The van der Waals surface area contributed by atoms with E-state index in [0.717, 1.165) is 23.8 Å². The number of benzene rings is 1. The molecule has 0 N–H and O–H groups in total. The Labute approximate surface area is 156 Å². The number of esters is 1. The molecule has 144 valence electrons. The standard InChI is InChI=1S/C16H15F3N4O3S/c1-25-12(24)15(16(17,18)19)20-13(22-6-8-26-9-7-22)23-10-4-2-3-5-11(10)27-14(23)21-15/h2-5H,6-9H2,1H3/t15-/m1/s1. The van der Waals surface area contributed by atoms with Gasteiger partial charge in [-0.15, -0.1) is 0 Å². The van der Waals surface area contributed by atoms with Crippen LogP contribution >= 0.6 is 11.8 Å². The van der Waals surface area contributed by atoms with Crippen molar-refractivity contribution in [2.45, 2.75) is 16.7 Å². The Morgan fingerprint density at radius 1 is 1.26 bits per heavy atom. The topological polar surface area (TPSA) is 66.7 Å². The molecule has 1 atom stereocenters. The number of rotatable bonds is 1. The van der Waals surface area contributed by atoms with Crippen molar-refractivity contribution >= 4 is 34.5 Å². The second kappa shape index (κ2) is 6.41. The maximum Gasteiger partial charge on any atom is 0.446 e. The number of fused-ring (bicyclic) bond motifs is 3. The molecule has 3 heterocycles. The van der Waals surface area contributed by atoms with Crippen LogP contribution in [0.4, 0.5) is 18.9 Å². The number of anilines is 1. The molecule has 0 radical (unpaired) electrons. The van der Waals surface area contributed by atoms with E-state index >= 15 is 0 Å². The predicted molar refractivity (Wildman–Crippen MR) is 92.8 cm³/mol.